The number of likely N-dealkylation sites (N-methyl/N-ethyl adjacent to an activating group) is 1. The van der Waals surface area contributed by atoms with Gasteiger partial charge < -0.3 is 24.6 Å². The summed E-state index contributed by atoms with van der Waals surface area (Å²) in [7, 11) is 6.02. The second-order valence-electron chi connectivity index (χ2n) is 7.38. The van der Waals surface area contributed by atoms with Crippen molar-refractivity contribution in [3.8, 4) is 0 Å². The lowest BCUT2D eigenvalue weighted by Gasteiger charge is -2.35. The van der Waals surface area contributed by atoms with Gasteiger partial charge in [-0.1, -0.05) is 13.8 Å². The third-order valence-corrected chi connectivity index (χ3v) is 5.57. The number of aliphatic imine (C=N–C) groups is 1. The number of nitrogens with zero attached hydrogens (tertiary/aromatic N) is 5. The third kappa shape index (κ3) is 7.91. The number of hydrogen-bond donors (Lipinski definition) is 1. The lowest BCUT2D eigenvalue weighted by Crippen LogP contribution is -2.48. The molecule has 2 rings (SSSR count). The predicted octanol–water partition coefficient (Wildman–Crippen LogP) is 2.69. The monoisotopic (exact) mass is 554 g/mol. The van der Waals surface area contributed by atoms with E-state index in [1.165, 1.54) is 38.4 Å². The van der Waals surface area contributed by atoms with Gasteiger partial charge in [0.05, 0.1) is 6.54 Å². The zero-order valence-electron chi connectivity index (χ0n) is 17.4. The molecule has 0 bridgehead atoms. The molecule has 1 aromatic rings. The molecule has 1 N–H and O–H groups in total. The fraction of sp³-hybridized carbons (Fsp3) is 0.737. The van der Waals surface area contributed by atoms with Crippen LogP contribution in [-0.2, 0) is 13.6 Å². The molecule has 1 unspecified atom stereocenters. The van der Waals surface area contributed by atoms with E-state index >= 15 is 0 Å². The highest BCUT2D eigenvalue weighted by Gasteiger charge is 2.18. The summed E-state index contributed by atoms with van der Waals surface area (Å²) in [6.07, 6.45) is 2.08. The molecule has 156 valence electrons. The summed E-state index contributed by atoms with van der Waals surface area (Å²) in [5, 5.41) is 3.54. The van der Waals surface area contributed by atoms with Crippen molar-refractivity contribution in [1.82, 2.24) is 24.6 Å². The first-order chi connectivity index (χ1) is 12.4. The summed E-state index contributed by atoms with van der Waals surface area (Å²) in [5.74, 6) is 1.54. The van der Waals surface area contributed by atoms with Gasteiger partial charge in [-0.15, -0.1) is 24.0 Å². The Bertz CT molecular complexity index is 583. The fourth-order valence-electron chi connectivity index (χ4n) is 3.48. The van der Waals surface area contributed by atoms with Crippen molar-refractivity contribution in [2.24, 2.45) is 18.0 Å². The van der Waals surface area contributed by atoms with Crippen LogP contribution in [0.2, 0.25) is 0 Å². The molecule has 1 fully saturated rings. The first-order valence-electron chi connectivity index (χ1n) is 9.60. The minimum absolute atomic E-state index is 0. The van der Waals surface area contributed by atoms with E-state index in [2.05, 4.69) is 85.7 Å². The van der Waals surface area contributed by atoms with Gasteiger partial charge in [0.25, 0.3) is 0 Å². The smallest absolute Gasteiger partial charge is 0.193 e. The SMILES string of the molecule is CCN1CCN(CC(C)CNC(=NC)N(C)Cc2cc(Br)cn2C)CC1.I. The van der Waals surface area contributed by atoms with Gasteiger partial charge in [0.1, 0.15) is 0 Å². The second kappa shape index (κ2) is 12.3. The van der Waals surface area contributed by atoms with E-state index in [9.17, 15) is 0 Å². The number of nitrogens with one attached hydrogen (secondary N) is 1. The molecule has 8 heteroatoms. The van der Waals surface area contributed by atoms with Crippen LogP contribution >= 0.6 is 39.9 Å². The summed E-state index contributed by atoms with van der Waals surface area (Å²) >= 11 is 3.54. The molecule has 1 aromatic heterocycles. The van der Waals surface area contributed by atoms with E-state index in [4.69, 9.17) is 0 Å². The lowest BCUT2D eigenvalue weighted by atomic mass is 10.1. The van der Waals surface area contributed by atoms with E-state index in [1.807, 2.05) is 7.05 Å². The van der Waals surface area contributed by atoms with Crippen LogP contribution in [0.25, 0.3) is 0 Å². The molecular formula is C19H36BrIN6. The molecule has 0 aromatic carbocycles. The molecule has 0 spiro atoms. The van der Waals surface area contributed by atoms with Gasteiger partial charge in [-0.05, 0) is 34.5 Å². The lowest BCUT2D eigenvalue weighted by molar-refractivity contribution is 0.124. The Morgan fingerprint density at radius 2 is 1.93 bits per heavy atom. The van der Waals surface area contributed by atoms with Crippen LogP contribution in [0.1, 0.15) is 19.5 Å². The summed E-state index contributed by atoms with van der Waals surface area (Å²) < 4.78 is 3.26. The Balaban J connectivity index is 0.00000364. The van der Waals surface area contributed by atoms with Crippen LogP contribution < -0.4 is 5.32 Å². The fourth-order valence-corrected chi connectivity index (χ4v) is 4.06. The number of hydrogen-bond acceptors (Lipinski definition) is 3. The maximum absolute atomic E-state index is 4.45. The maximum Gasteiger partial charge on any atom is 0.193 e. The van der Waals surface area contributed by atoms with E-state index in [-0.39, 0.29) is 24.0 Å². The maximum atomic E-state index is 4.45. The summed E-state index contributed by atoms with van der Waals surface area (Å²) in [6, 6.07) is 2.16. The Morgan fingerprint density at radius 3 is 2.44 bits per heavy atom. The highest BCUT2D eigenvalue weighted by molar-refractivity contribution is 14.0. The zero-order chi connectivity index (χ0) is 19.1. The minimum atomic E-state index is 0. The molecule has 6 nitrogen and oxygen atoms in total. The zero-order valence-corrected chi connectivity index (χ0v) is 21.3. The topological polar surface area (TPSA) is 39.0 Å². The Hall–Kier alpha value is -0.320. The van der Waals surface area contributed by atoms with Gasteiger partial charge in [0.2, 0.25) is 0 Å². The van der Waals surface area contributed by atoms with Gasteiger partial charge in [0.15, 0.2) is 5.96 Å². The first kappa shape index (κ1) is 24.7. The van der Waals surface area contributed by atoms with E-state index < -0.39 is 0 Å². The normalized spacial score (nSPS) is 17.5. The Morgan fingerprint density at radius 1 is 1.30 bits per heavy atom. The summed E-state index contributed by atoms with van der Waals surface area (Å²) in [5.41, 5.74) is 1.25. The van der Waals surface area contributed by atoms with Crippen molar-refractivity contribution >= 4 is 45.9 Å². The van der Waals surface area contributed by atoms with Gasteiger partial charge in [-0.25, -0.2) is 0 Å². The van der Waals surface area contributed by atoms with Crippen LogP contribution in [0.3, 0.4) is 0 Å². The van der Waals surface area contributed by atoms with Crippen molar-refractivity contribution in [2.75, 3.05) is 59.9 Å². The number of rotatable bonds is 7. The van der Waals surface area contributed by atoms with E-state index in [1.54, 1.807) is 0 Å². The first-order valence-corrected chi connectivity index (χ1v) is 10.4. The molecule has 0 amide bonds. The van der Waals surface area contributed by atoms with Crippen LogP contribution in [-0.4, -0.2) is 85.1 Å². The number of guanidine groups is 1. The van der Waals surface area contributed by atoms with Gasteiger partial charge in [-0.2, -0.15) is 0 Å². The summed E-state index contributed by atoms with van der Waals surface area (Å²) in [6.45, 7) is 13.4. The highest BCUT2D eigenvalue weighted by Crippen LogP contribution is 2.15. The molecule has 0 aliphatic carbocycles. The Labute approximate surface area is 190 Å². The molecule has 0 radical (unpaired) electrons. The van der Waals surface area contributed by atoms with Crippen molar-refractivity contribution in [3.05, 3.63) is 22.4 Å². The van der Waals surface area contributed by atoms with E-state index in [0.717, 1.165) is 30.1 Å². The number of piperazine rings is 1. The van der Waals surface area contributed by atoms with Gasteiger partial charge in [-0.3, -0.25) is 4.99 Å². The van der Waals surface area contributed by atoms with Gasteiger partial charge >= 0.3 is 0 Å². The predicted molar refractivity (Wildman–Crippen MR) is 129 cm³/mol. The second-order valence-corrected chi connectivity index (χ2v) is 8.30. The molecule has 1 atom stereocenters. The number of halogens is 2. The van der Waals surface area contributed by atoms with Crippen LogP contribution in [0.4, 0.5) is 0 Å². The van der Waals surface area contributed by atoms with Crippen LogP contribution in [0, 0.1) is 5.92 Å². The molecule has 1 saturated heterocycles. The average molecular weight is 555 g/mol. The van der Waals surface area contributed by atoms with Crippen molar-refractivity contribution in [3.63, 3.8) is 0 Å². The van der Waals surface area contributed by atoms with Crippen LogP contribution in [0.15, 0.2) is 21.7 Å². The molecular weight excluding hydrogens is 519 g/mol. The molecule has 2 heterocycles. The Kier molecular flexibility index (Phi) is 11.2. The average Bonchev–Trinajstić information content (AvgIpc) is 2.93. The molecule has 27 heavy (non-hydrogen) atoms. The van der Waals surface area contributed by atoms with Crippen molar-refractivity contribution in [2.45, 2.75) is 20.4 Å². The number of aromatic nitrogens is 1. The minimum Gasteiger partial charge on any atom is -0.356 e. The molecule has 1 aliphatic rings. The van der Waals surface area contributed by atoms with Crippen molar-refractivity contribution in [1.29, 1.82) is 0 Å². The highest BCUT2D eigenvalue weighted by atomic mass is 127. The molecule has 1 aliphatic heterocycles. The van der Waals surface area contributed by atoms with Gasteiger partial charge in [0, 0.05) is 76.8 Å². The number of aryl methyl sites for hydroxylation is 1. The van der Waals surface area contributed by atoms with Crippen LogP contribution in [0.5, 0.6) is 0 Å². The summed E-state index contributed by atoms with van der Waals surface area (Å²) in [4.78, 5) is 11.7. The largest absolute Gasteiger partial charge is 0.356 e. The quantitative estimate of drug-likeness (QED) is 0.319. The van der Waals surface area contributed by atoms with E-state index in [0.29, 0.717) is 5.92 Å². The standard InChI is InChI=1S/C19H35BrN6.HI/c1-6-25-7-9-26(10-8-25)13-16(2)12-22-19(21-3)24(5)15-18-11-17(20)14-23(18)4;/h11,14,16H,6-10,12-13,15H2,1-5H3,(H,21,22);1H. The van der Waals surface area contributed by atoms with Crippen molar-refractivity contribution < 1.29 is 0 Å². The molecule has 0 saturated carbocycles. The third-order valence-electron chi connectivity index (χ3n) is 5.14.